The SMILES string of the molecule is CCCCC(C)C(Oc1ccc(P)cc1)C(=O)c1c(C)cccc1C. The third-order valence-electron chi connectivity index (χ3n) is 4.66. The first kappa shape index (κ1) is 19.7. The summed E-state index contributed by atoms with van der Waals surface area (Å²) >= 11 is 0. The number of aryl methyl sites for hydroxylation is 2. The lowest BCUT2D eigenvalue weighted by Crippen LogP contribution is -2.35. The van der Waals surface area contributed by atoms with Crippen molar-refractivity contribution in [3.05, 3.63) is 59.2 Å². The van der Waals surface area contributed by atoms with Gasteiger partial charge in [-0.25, -0.2) is 0 Å². The van der Waals surface area contributed by atoms with Crippen LogP contribution in [0.3, 0.4) is 0 Å². The van der Waals surface area contributed by atoms with Crippen molar-refractivity contribution in [2.75, 3.05) is 0 Å². The van der Waals surface area contributed by atoms with Crippen LogP contribution in [-0.2, 0) is 0 Å². The van der Waals surface area contributed by atoms with E-state index < -0.39 is 6.10 Å². The predicted molar refractivity (Wildman–Crippen MR) is 109 cm³/mol. The van der Waals surface area contributed by atoms with Gasteiger partial charge in [-0.2, -0.15) is 0 Å². The standard InChI is InChI=1S/C22H29O2P/c1-5-6-8-17(4)22(24-18-11-13-19(25)14-12-18)21(23)20-15(2)9-7-10-16(20)3/h7,9-14,17,22H,5-6,8,25H2,1-4H3. The highest BCUT2D eigenvalue weighted by atomic mass is 31.0. The number of ketones is 1. The molecule has 2 rings (SSSR count). The summed E-state index contributed by atoms with van der Waals surface area (Å²) in [5, 5.41) is 1.10. The van der Waals surface area contributed by atoms with Crippen LogP contribution in [0.4, 0.5) is 0 Å². The lowest BCUT2D eigenvalue weighted by atomic mass is 9.88. The number of Topliss-reactive ketones (excluding diaryl/α,β-unsaturated/α-hetero) is 1. The fourth-order valence-corrected chi connectivity index (χ4v) is 3.34. The number of hydrogen-bond acceptors (Lipinski definition) is 2. The third-order valence-corrected chi connectivity index (χ3v) is 5.04. The Labute approximate surface area is 154 Å². The van der Waals surface area contributed by atoms with Crippen LogP contribution in [0.15, 0.2) is 42.5 Å². The topological polar surface area (TPSA) is 26.3 Å². The van der Waals surface area contributed by atoms with E-state index >= 15 is 0 Å². The van der Waals surface area contributed by atoms with Crippen LogP contribution < -0.4 is 10.0 Å². The van der Waals surface area contributed by atoms with E-state index in [2.05, 4.69) is 23.1 Å². The Kier molecular flexibility index (Phi) is 7.20. The minimum atomic E-state index is -0.457. The van der Waals surface area contributed by atoms with Crippen molar-refractivity contribution in [2.45, 2.75) is 53.1 Å². The maximum absolute atomic E-state index is 13.3. The molecule has 2 aromatic carbocycles. The molecule has 0 aromatic heterocycles. The quantitative estimate of drug-likeness (QED) is 0.476. The summed E-state index contributed by atoms with van der Waals surface area (Å²) in [4.78, 5) is 13.3. The van der Waals surface area contributed by atoms with Crippen molar-refractivity contribution in [2.24, 2.45) is 5.92 Å². The van der Waals surface area contributed by atoms with Crippen LogP contribution in [0, 0.1) is 19.8 Å². The zero-order chi connectivity index (χ0) is 18.4. The Morgan fingerprint density at radius 1 is 1.08 bits per heavy atom. The van der Waals surface area contributed by atoms with Gasteiger partial charge in [0, 0.05) is 11.5 Å². The van der Waals surface area contributed by atoms with Gasteiger partial charge in [-0.05, 0) is 48.8 Å². The lowest BCUT2D eigenvalue weighted by Gasteiger charge is -2.25. The number of unbranched alkanes of at least 4 members (excludes halogenated alkanes) is 1. The van der Waals surface area contributed by atoms with E-state index in [9.17, 15) is 4.79 Å². The summed E-state index contributed by atoms with van der Waals surface area (Å²) in [6, 6.07) is 13.8. The number of rotatable bonds is 8. The Morgan fingerprint density at radius 2 is 1.68 bits per heavy atom. The molecule has 2 nitrogen and oxygen atoms in total. The van der Waals surface area contributed by atoms with Crippen LogP contribution >= 0.6 is 9.24 Å². The Hall–Kier alpha value is -1.66. The maximum Gasteiger partial charge on any atom is 0.204 e. The van der Waals surface area contributed by atoms with E-state index in [0.29, 0.717) is 0 Å². The van der Waals surface area contributed by atoms with Gasteiger partial charge in [0.1, 0.15) is 5.75 Å². The molecule has 0 amide bonds. The number of ether oxygens (including phenoxy) is 1. The molecule has 0 spiro atoms. The van der Waals surface area contributed by atoms with Gasteiger partial charge < -0.3 is 4.74 Å². The molecule has 134 valence electrons. The first-order valence-electron chi connectivity index (χ1n) is 9.06. The average molecular weight is 356 g/mol. The highest BCUT2D eigenvalue weighted by Crippen LogP contribution is 2.25. The van der Waals surface area contributed by atoms with Gasteiger partial charge >= 0.3 is 0 Å². The van der Waals surface area contributed by atoms with E-state index in [1.54, 1.807) is 0 Å². The first-order valence-corrected chi connectivity index (χ1v) is 9.64. The fraction of sp³-hybridized carbons (Fsp3) is 0.409. The number of carbonyl (C=O) groups is 1. The second-order valence-electron chi connectivity index (χ2n) is 6.86. The van der Waals surface area contributed by atoms with Crippen LogP contribution in [0.2, 0.25) is 0 Å². The van der Waals surface area contributed by atoms with E-state index in [1.165, 1.54) is 0 Å². The molecule has 0 radical (unpaired) electrons. The molecule has 2 aromatic rings. The van der Waals surface area contributed by atoms with Gasteiger partial charge in [-0.1, -0.05) is 57.0 Å². The second-order valence-corrected chi connectivity index (χ2v) is 7.52. The third kappa shape index (κ3) is 5.16. The molecule has 25 heavy (non-hydrogen) atoms. The monoisotopic (exact) mass is 356 g/mol. The van der Waals surface area contributed by atoms with Crippen molar-refractivity contribution in [3.63, 3.8) is 0 Å². The normalized spacial score (nSPS) is 13.3. The minimum Gasteiger partial charge on any atom is -0.482 e. The highest BCUT2D eigenvalue weighted by Gasteiger charge is 2.29. The highest BCUT2D eigenvalue weighted by molar-refractivity contribution is 7.27. The molecule has 3 unspecified atom stereocenters. The molecule has 0 aliphatic heterocycles. The van der Waals surface area contributed by atoms with Gasteiger partial charge in [0.15, 0.2) is 6.10 Å². The molecule has 3 heteroatoms. The van der Waals surface area contributed by atoms with Crippen LogP contribution in [0.5, 0.6) is 5.75 Å². The summed E-state index contributed by atoms with van der Waals surface area (Å²) in [6.45, 7) is 8.29. The number of hydrogen-bond donors (Lipinski definition) is 0. The van der Waals surface area contributed by atoms with Gasteiger partial charge in [0.05, 0.1) is 0 Å². The summed E-state index contributed by atoms with van der Waals surface area (Å²) in [7, 11) is 2.67. The van der Waals surface area contributed by atoms with Crippen molar-refractivity contribution >= 4 is 20.3 Å². The van der Waals surface area contributed by atoms with E-state index in [1.807, 2.05) is 56.3 Å². The molecular formula is C22H29O2P. The summed E-state index contributed by atoms with van der Waals surface area (Å²) in [5.74, 6) is 1.01. The molecule has 0 saturated heterocycles. The van der Waals surface area contributed by atoms with Gasteiger partial charge in [-0.3, -0.25) is 4.79 Å². The summed E-state index contributed by atoms with van der Waals surface area (Å²) in [6.07, 6.45) is 2.75. The predicted octanol–water partition coefficient (Wildman–Crippen LogP) is 5.26. The molecule has 0 N–H and O–H groups in total. The van der Waals surface area contributed by atoms with Gasteiger partial charge in [-0.15, -0.1) is 9.24 Å². The van der Waals surface area contributed by atoms with Gasteiger partial charge in [0.2, 0.25) is 5.78 Å². The van der Waals surface area contributed by atoms with E-state index in [4.69, 9.17) is 4.74 Å². The fourth-order valence-electron chi connectivity index (χ4n) is 3.14. The summed E-state index contributed by atoms with van der Waals surface area (Å²) < 4.78 is 6.20. The number of carbonyl (C=O) groups excluding carboxylic acids is 1. The number of benzene rings is 2. The Balaban J connectivity index is 2.32. The van der Waals surface area contributed by atoms with Gasteiger partial charge in [0.25, 0.3) is 0 Å². The Bertz CT molecular complexity index is 686. The van der Waals surface area contributed by atoms with Crippen LogP contribution in [-0.4, -0.2) is 11.9 Å². The van der Waals surface area contributed by atoms with Crippen molar-refractivity contribution < 1.29 is 9.53 Å². The van der Waals surface area contributed by atoms with Crippen molar-refractivity contribution in [1.29, 1.82) is 0 Å². The zero-order valence-electron chi connectivity index (χ0n) is 15.7. The van der Waals surface area contributed by atoms with Crippen LogP contribution in [0.1, 0.15) is 54.6 Å². The molecular weight excluding hydrogens is 327 g/mol. The van der Waals surface area contributed by atoms with Crippen molar-refractivity contribution in [3.8, 4) is 5.75 Å². The first-order chi connectivity index (χ1) is 11.9. The van der Waals surface area contributed by atoms with Crippen LogP contribution in [0.25, 0.3) is 0 Å². The van der Waals surface area contributed by atoms with Crippen molar-refractivity contribution in [1.82, 2.24) is 0 Å². The molecule has 0 aliphatic carbocycles. The molecule has 3 atom stereocenters. The molecule has 0 fully saturated rings. The second kappa shape index (κ2) is 9.15. The average Bonchev–Trinajstić information content (AvgIpc) is 2.58. The minimum absolute atomic E-state index is 0.0918. The molecule has 0 aliphatic rings. The Morgan fingerprint density at radius 3 is 2.24 bits per heavy atom. The molecule has 0 bridgehead atoms. The zero-order valence-corrected chi connectivity index (χ0v) is 16.9. The molecule has 0 heterocycles. The smallest absolute Gasteiger partial charge is 0.204 e. The lowest BCUT2D eigenvalue weighted by molar-refractivity contribution is 0.0680. The van der Waals surface area contributed by atoms with E-state index in [0.717, 1.165) is 47.0 Å². The largest absolute Gasteiger partial charge is 0.482 e. The van der Waals surface area contributed by atoms with E-state index in [-0.39, 0.29) is 11.7 Å². The summed E-state index contributed by atoms with van der Waals surface area (Å²) in [5.41, 5.74) is 2.83. The molecule has 0 saturated carbocycles. The maximum atomic E-state index is 13.3.